The Morgan fingerprint density at radius 1 is 1.29 bits per heavy atom. The first-order valence-corrected chi connectivity index (χ1v) is 11.4. The Balaban J connectivity index is 2.14. The van der Waals surface area contributed by atoms with Gasteiger partial charge in [0.05, 0.1) is 12.1 Å². The number of aliphatic hydroxyl groups excluding tert-OH is 3. The van der Waals surface area contributed by atoms with E-state index in [2.05, 4.69) is 22.5 Å². The van der Waals surface area contributed by atoms with Gasteiger partial charge >= 0.3 is 0 Å². The van der Waals surface area contributed by atoms with Crippen LogP contribution in [0.2, 0.25) is 0 Å². The molecule has 8 nitrogen and oxygen atoms in total. The van der Waals surface area contributed by atoms with E-state index in [1.54, 1.807) is 13.3 Å². The minimum Gasteiger partial charge on any atom is -0.388 e. The summed E-state index contributed by atoms with van der Waals surface area (Å²) in [6, 6.07) is -0.967. The van der Waals surface area contributed by atoms with Crippen LogP contribution < -0.4 is 10.6 Å². The molecular formula is C19H37N3O5S. The number of thioether (sulfide) groups is 1. The average Bonchev–Trinajstić information content (AvgIpc) is 3.05. The molecule has 0 saturated carbocycles. The topological polar surface area (TPSA) is 114 Å². The van der Waals surface area contributed by atoms with Crippen LogP contribution in [0.4, 0.5) is 0 Å². The summed E-state index contributed by atoms with van der Waals surface area (Å²) in [5.41, 5.74) is -0.671. The zero-order valence-corrected chi connectivity index (χ0v) is 18.4. The van der Waals surface area contributed by atoms with Crippen molar-refractivity contribution in [3.05, 3.63) is 0 Å². The molecular weight excluding hydrogens is 382 g/mol. The lowest BCUT2D eigenvalue weighted by Crippen LogP contribution is -2.67. The van der Waals surface area contributed by atoms with Gasteiger partial charge in [-0.3, -0.25) is 9.69 Å². The number of nitrogens with zero attached hydrogens (tertiary/aromatic N) is 1. The predicted octanol–water partition coefficient (Wildman–Crippen LogP) is -0.630. The molecule has 3 unspecified atom stereocenters. The van der Waals surface area contributed by atoms with Gasteiger partial charge in [0, 0.05) is 12.6 Å². The SMILES string of the molecule is CCC[C@@H]1C[C@@H](C(=O)N[C@H]([C@H](C)NC)[C@H]2OC(SC)[C@H](O)C(O)C2O)N(C)C1. The number of carbonyl (C=O) groups excluding carboxylic acids is 1. The minimum atomic E-state index is -1.33. The van der Waals surface area contributed by atoms with Crippen molar-refractivity contribution in [3.8, 4) is 0 Å². The number of likely N-dealkylation sites (N-methyl/N-ethyl adjacent to an activating group) is 2. The molecule has 2 saturated heterocycles. The van der Waals surface area contributed by atoms with E-state index < -0.39 is 35.9 Å². The third-order valence-corrected chi connectivity index (χ3v) is 6.98. The first-order valence-electron chi connectivity index (χ1n) is 10.1. The van der Waals surface area contributed by atoms with E-state index in [-0.39, 0.29) is 18.0 Å². The summed E-state index contributed by atoms with van der Waals surface area (Å²) in [6.45, 7) is 4.95. The summed E-state index contributed by atoms with van der Waals surface area (Å²) in [5, 5.41) is 37.1. The van der Waals surface area contributed by atoms with Gasteiger partial charge in [0.25, 0.3) is 0 Å². The molecule has 0 aliphatic carbocycles. The van der Waals surface area contributed by atoms with E-state index in [1.807, 2.05) is 14.0 Å². The van der Waals surface area contributed by atoms with Crippen LogP contribution >= 0.6 is 11.8 Å². The van der Waals surface area contributed by atoms with E-state index in [1.165, 1.54) is 11.8 Å². The molecule has 5 N–H and O–H groups in total. The molecule has 2 heterocycles. The molecule has 0 radical (unpaired) electrons. The Morgan fingerprint density at radius 2 is 1.96 bits per heavy atom. The van der Waals surface area contributed by atoms with Crippen molar-refractivity contribution in [2.24, 2.45) is 5.92 Å². The first-order chi connectivity index (χ1) is 13.2. The van der Waals surface area contributed by atoms with E-state index in [0.717, 1.165) is 25.8 Å². The number of hydrogen-bond donors (Lipinski definition) is 5. The Kier molecular flexibility index (Phi) is 9.00. The summed E-state index contributed by atoms with van der Waals surface area (Å²) in [5.74, 6) is 0.422. The number of amides is 1. The molecule has 28 heavy (non-hydrogen) atoms. The Bertz CT molecular complexity index is 512. The molecule has 0 aromatic rings. The normalized spacial score (nSPS) is 38.9. The quantitative estimate of drug-likeness (QED) is 0.353. The van der Waals surface area contributed by atoms with Gasteiger partial charge < -0.3 is 30.7 Å². The molecule has 2 fully saturated rings. The van der Waals surface area contributed by atoms with Crippen molar-refractivity contribution in [2.75, 3.05) is 26.9 Å². The van der Waals surface area contributed by atoms with E-state index in [9.17, 15) is 20.1 Å². The molecule has 0 bridgehead atoms. The molecule has 0 aromatic heterocycles. The van der Waals surface area contributed by atoms with Gasteiger partial charge in [0.15, 0.2) is 0 Å². The number of hydrogen-bond acceptors (Lipinski definition) is 8. The van der Waals surface area contributed by atoms with Crippen LogP contribution in [0, 0.1) is 5.92 Å². The lowest BCUT2D eigenvalue weighted by molar-refractivity contribution is -0.206. The second-order valence-corrected chi connectivity index (χ2v) is 9.07. The highest BCUT2D eigenvalue weighted by atomic mass is 32.2. The summed E-state index contributed by atoms with van der Waals surface area (Å²) in [6.07, 6.45) is 0.153. The summed E-state index contributed by atoms with van der Waals surface area (Å²) < 4.78 is 5.90. The van der Waals surface area contributed by atoms with Gasteiger partial charge in [-0.05, 0) is 46.0 Å². The lowest BCUT2D eigenvalue weighted by atomic mass is 9.91. The summed E-state index contributed by atoms with van der Waals surface area (Å²) in [7, 11) is 3.74. The standard InChI is InChI=1S/C19H37N3O5S/c1-6-7-11-8-12(22(4)9-11)18(26)21-13(10(2)20-3)17-15(24)14(23)16(25)19(27-17)28-5/h10-17,19-20,23-25H,6-9H2,1-5H3,(H,21,26)/t10-,11+,12-,13+,14?,15?,16+,17+,19?/m0/s1. The van der Waals surface area contributed by atoms with E-state index in [4.69, 9.17) is 4.74 Å². The van der Waals surface area contributed by atoms with Crippen molar-refractivity contribution >= 4 is 17.7 Å². The smallest absolute Gasteiger partial charge is 0.237 e. The second kappa shape index (κ2) is 10.6. The lowest BCUT2D eigenvalue weighted by Gasteiger charge is -2.44. The molecule has 2 aliphatic rings. The molecule has 9 atom stereocenters. The van der Waals surface area contributed by atoms with Crippen LogP contribution in [0.25, 0.3) is 0 Å². The number of carbonyl (C=O) groups is 1. The van der Waals surface area contributed by atoms with Crippen molar-refractivity contribution in [1.82, 2.24) is 15.5 Å². The van der Waals surface area contributed by atoms with E-state index >= 15 is 0 Å². The predicted molar refractivity (Wildman–Crippen MR) is 110 cm³/mol. The average molecular weight is 420 g/mol. The van der Waals surface area contributed by atoms with Gasteiger partial charge in [-0.25, -0.2) is 0 Å². The zero-order chi connectivity index (χ0) is 21.0. The molecule has 0 aromatic carbocycles. The molecule has 164 valence electrons. The highest BCUT2D eigenvalue weighted by molar-refractivity contribution is 7.99. The number of ether oxygens (including phenoxy) is 1. The van der Waals surface area contributed by atoms with Crippen LogP contribution in [0.5, 0.6) is 0 Å². The summed E-state index contributed by atoms with van der Waals surface area (Å²) >= 11 is 1.27. The number of nitrogens with one attached hydrogen (secondary N) is 2. The Morgan fingerprint density at radius 3 is 2.54 bits per heavy atom. The molecule has 2 rings (SSSR count). The largest absolute Gasteiger partial charge is 0.388 e. The number of rotatable bonds is 8. The van der Waals surface area contributed by atoms with Crippen molar-refractivity contribution < 1.29 is 24.9 Å². The van der Waals surface area contributed by atoms with Crippen LogP contribution in [-0.4, -0.2) is 101 Å². The van der Waals surface area contributed by atoms with Crippen LogP contribution in [0.1, 0.15) is 33.1 Å². The van der Waals surface area contributed by atoms with E-state index in [0.29, 0.717) is 5.92 Å². The van der Waals surface area contributed by atoms with Gasteiger partial charge in [0.1, 0.15) is 29.9 Å². The van der Waals surface area contributed by atoms with Crippen molar-refractivity contribution in [3.63, 3.8) is 0 Å². The van der Waals surface area contributed by atoms with Crippen molar-refractivity contribution in [1.29, 1.82) is 0 Å². The van der Waals surface area contributed by atoms with Crippen LogP contribution in [0.15, 0.2) is 0 Å². The number of likely N-dealkylation sites (tertiary alicyclic amines) is 1. The molecule has 1 amide bonds. The second-order valence-electron chi connectivity index (χ2n) is 8.13. The minimum absolute atomic E-state index is 0.0923. The third kappa shape index (κ3) is 5.19. The maximum Gasteiger partial charge on any atom is 0.237 e. The maximum absolute atomic E-state index is 13.0. The number of aliphatic hydroxyl groups is 3. The van der Waals surface area contributed by atoms with Gasteiger partial charge in [-0.2, -0.15) is 0 Å². The third-order valence-electron chi connectivity index (χ3n) is 6.13. The molecule has 2 aliphatic heterocycles. The van der Waals surface area contributed by atoms with Crippen molar-refractivity contribution in [2.45, 2.75) is 81.1 Å². The van der Waals surface area contributed by atoms with Gasteiger partial charge in [-0.15, -0.1) is 11.8 Å². The highest BCUT2D eigenvalue weighted by Crippen LogP contribution is 2.30. The molecule has 9 heteroatoms. The zero-order valence-electron chi connectivity index (χ0n) is 17.5. The van der Waals surface area contributed by atoms with Crippen LogP contribution in [0.3, 0.4) is 0 Å². The fourth-order valence-electron chi connectivity index (χ4n) is 4.33. The summed E-state index contributed by atoms with van der Waals surface area (Å²) in [4.78, 5) is 15.1. The van der Waals surface area contributed by atoms with Gasteiger partial charge in [-0.1, -0.05) is 13.3 Å². The Labute approximate surface area is 172 Å². The molecule has 0 spiro atoms. The monoisotopic (exact) mass is 419 g/mol. The fourth-order valence-corrected chi connectivity index (χ4v) is 5.01. The fraction of sp³-hybridized carbons (Fsp3) is 0.947. The maximum atomic E-state index is 13.0. The Hall–Kier alpha value is -0.420. The van der Waals surface area contributed by atoms with Gasteiger partial charge in [0.2, 0.25) is 5.91 Å². The highest BCUT2D eigenvalue weighted by Gasteiger charge is 2.48. The first kappa shape index (κ1) is 23.9. The van der Waals surface area contributed by atoms with Crippen LogP contribution in [-0.2, 0) is 9.53 Å².